The summed E-state index contributed by atoms with van der Waals surface area (Å²) in [5.74, 6) is 19.3. The van der Waals surface area contributed by atoms with Crippen molar-refractivity contribution < 1.29 is 49.3 Å². The van der Waals surface area contributed by atoms with Gasteiger partial charge in [-0.2, -0.15) is 0 Å². The fraction of sp³-hybridized carbons (Fsp3) is 0.639. The van der Waals surface area contributed by atoms with Crippen LogP contribution < -0.4 is 43.9 Å². The van der Waals surface area contributed by atoms with Crippen LogP contribution in [0.5, 0.6) is 23.0 Å². The molecule has 12 aliphatic rings. The number of ether oxygens (including phenoxy) is 2. The van der Waals surface area contributed by atoms with E-state index in [4.69, 9.17) is 73.2 Å². The zero-order chi connectivity index (χ0) is 105. The molecule has 0 spiro atoms. The highest BCUT2D eigenvalue weighted by Crippen LogP contribution is 2.75. The molecular weight excluding hydrogens is 1840 g/mol. The summed E-state index contributed by atoms with van der Waals surface area (Å²) >= 11 is 0. The Morgan fingerprint density at radius 2 is 0.698 bits per heavy atom. The van der Waals surface area contributed by atoms with Gasteiger partial charge < -0.3 is 43.9 Å². The minimum Gasteiger partial charge on any atom is -0.457 e. The van der Waals surface area contributed by atoms with E-state index in [0.29, 0.717) is 82.0 Å². The Morgan fingerprint density at radius 3 is 1.15 bits per heavy atom. The number of rotatable bonds is 35. The smallest absolute Gasteiger partial charge is 0.127 e. The van der Waals surface area contributed by atoms with Gasteiger partial charge in [-0.1, -0.05) is 234 Å². The first kappa shape index (κ1) is 111. The van der Waals surface area contributed by atoms with Gasteiger partial charge in [-0.15, -0.1) is 0 Å². The molecule has 31 atom stereocenters. The average Bonchev–Trinajstić information content (AvgIpc) is 1.69. The minimum absolute atomic E-state index is 0.00448. The summed E-state index contributed by atoms with van der Waals surface area (Å²) in [5, 5.41) is 20.4. The highest BCUT2D eigenvalue weighted by Gasteiger charge is 2.68. The summed E-state index contributed by atoms with van der Waals surface area (Å²) in [6.07, 6.45) is 42.8. The molecule has 16 nitrogen and oxygen atoms in total. The Labute approximate surface area is 896 Å². The van der Waals surface area contributed by atoms with E-state index in [2.05, 4.69) is 152 Å². The SMILES string of the molecule is CC(C)CCCC(C)C1CCC2C3CC(OOCc4ccc(N)cc4)C4CC(C(OO)c5ccc(N)cc5)CCC4(C)C3CCC12C.CC(C)CCCC(C)C1CCC2C3CC(OOCc4cccc(N)c4)C4CC(C(OO)c5cccc(N)c5)CCC4(C)C3CCC12C.CC(C)CCCC(C)C1CCC2C3CCC4CC(c5ccc(Oc6ccc(N)cc6)cc5)(c5cccc(Oc6ccc(N)cc6)c5)CCC4(C)C3CCC12C. The van der Waals surface area contributed by atoms with Crippen molar-refractivity contribution in [3.05, 3.63) is 228 Å². The largest absolute Gasteiger partial charge is 0.457 e. The third-order valence-electron chi connectivity index (χ3n) is 44.1. The van der Waals surface area contributed by atoms with Crippen molar-refractivity contribution in [2.24, 2.45) is 169 Å². The van der Waals surface area contributed by atoms with E-state index in [0.717, 1.165) is 214 Å². The van der Waals surface area contributed by atoms with Crippen LogP contribution in [0.3, 0.4) is 0 Å². The van der Waals surface area contributed by atoms with Crippen LogP contribution in [0.1, 0.15) is 368 Å². The molecule has 8 aromatic carbocycles. The van der Waals surface area contributed by atoms with Gasteiger partial charge in [0.25, 0.3) is 0 Å². The number of nitrogens with two attached hydrogens (primary N) is 6. The van der Waals surface area contributed by atoms with E-state index < -0.39 is 6.10 Å². The molecule has 12 saturated carbocycles. The van der Waals surface area contributed by atoms with Gasteiger partial charge in [0.05, 0.1) is 12.2 Å². The maximum absolute atomic E-state index is 10.2. The second-order valence-electron chi connectivity index (χ2n) is 53.6. The van der Waals surface area contributed by atoms with Crippen LogP contribution in [0.4, 0.5) is 34.1 Å². The van der Waals surface area contributed by atoms with Crippen LogP contribution in [0, 0.1) is 169 Å². The molecule has 12 aliphatic carbocycles. The van der Waals surface area contributed by atoms with Crippen molar-refractivity contribution in [2.45, 2.75) is 365 Å². The summed E-state index contributed by atoms with van der Waals surface area (Å²) in [7, 11) is 0. The molecule has 0 aromatic heterocycles. The molecule has 149 heavy (non-hydrogen) atoms. The molecule has 8 aromatic rings. The van der Waals surface area contributed by atoms with E-state index in [1.165, 1.54) is 172 Å². The van der Waals surface area contributed by atoms with Crippen LogP contribution in [0.15, 0.2) is 194 Å². The van der Waals surface area contributed by atoms with Crippen molar-refractivity contribution in [2.75, 3.05) is 34.4 Å². The molecular formula is C133H190N6O10. The summed E-state index contributed by atoms with van der Waals surface area (Å²) in [4.78, 5) is 35.8. The lowest BCUT2D eigenvalue weighted by atomic mass is 9.42. The fourth-order valence-electron chi connectivity index (χ4n) is 36.4. The number of benzene rings is 8. The first-order valence-corrected chi connectivity index (χ1v) is 59.4. The Balaban J connectivity index is 0.000000147. The van der Waals surface area contributed by atoms with Crippen LogP contribution in [0.25, 0.3) is 0 Å². The second kappa shape index (κ2) is 47.3. The molecule has 0 heterocycles. The van der Waals surface area contributed by atoms with E-state index >= 15 is 0 Å². The molecule has 0 bridgehead atoms. The van der Waals surface area contributed by atoms with Crippen LogP contribution in [0.2, 0.25) is 0 Å². The number of nitrogen functional groups attached to an aromatic ring is 6. The molecule has 14 N–H and O–H groups in total. The number of hydrogen-bond acceptors (Lipinski definition) is 16. The van der Waals surface area contributed by atoms with Gasteiger partial charge in [0.1, 0.15) is 48.4 Å². The number of hydrogen-bond donors (Lipinski definition) is 8. The molecule has 0 aliphatic heterocycles. The van der Waals surface area contributed by atoms with Crippen LogP contribution >= 0.6 is 0 Å². The van der Waals surface area contributed by atoms with E-state index in [9.17, 15) is 10.5 Å². The normalized spacial score (nSPS) is 34.7. The standard InChI is InChI=1S/C51H66N2O2.2C41H62N2O4/c1-34(2)8-6-9-35(3)46-26-27-47-45-25-14-38-33-51(31-30-49(38,4)48(45)28-29-50(46,47)5,36-12-19-41(20-13-36)54-42-21-15-39(52)16-22-42)37-10-7-11-44(32-37)55-43-23-17-40(53)18-24-43;1-26(2)9-6-10-27(3)34-15-16-35-33-24-38(47-45-25-28-11-7-13-31(42)21-28)37-23-30(39(46-44)29-12-8-14-32(43)22-29)17-19-41(37,5)36(33)18-20-40(34,35)4;1-26(2)7-6-8-27(3)34-17-18-35-33-24-38(47-45-25-28-9-13-31(42)14-10-28)37-23-30(39(46-44)29-11-15-32(43)16-12-29)19-21-41(37,5)36(33)20-22-40(34,35)4/h7,10-13,15-24,32,34-35,38,45-48H,6,8-9,14,25-31,33,52-53H2,1-5H3;7-8,11-14,21-22,26-27,30,33-39,44H,6,9-10,15-20,23-25,42-43H2,1-5H3;9-16,26-27,30,33-39,44H,6-8,17-25,42-43H2,1-5H3. The molecule has 0 radical (unpaired) electrons. The van der Waals surface area contributed by atoms with Gasteiger partial charge in [0, 0.05) is 39.5 Å². The maximum atomic E-state index is 10.2. The Kier molecular flexibility index (Phi) is 35.1. The van der Waals surface area contributed by atoms with Crippen molar-refractivity contribution in [1.29, 1.82) is 0 Å². The summed E-state index contributed by atoms with van der Waals surface area (Å²) < 4.78 is 12.7. The highest BCUT2D eigenvalue weighted by atomic mass is 17.2. The van der Waals surface area contributed by atoms with E-state index in [-0.39, 0.29) is 46.4 Å². The molecule has 0 amide bonds. The lowest BCUT2D eigenvalue weighted by molar-refractivity contribution is -0.368. The summed E-state index contributed by atoms with van der Waals surface area (Å²) in [5.41, 5.74) is 49.1. The van der Waals surface area contributed by atoms with Crippen molar-refractivity contribution in [3.63, 3.8) is 0 Å². The lowest BCUT2D eigenvalue weighted by Gasteiger charge is -2.63. The lowest BCUT2D eigenvalue weighted by Crippen LogP contribution is -2.58. The van der Waals surface area contributed by atoms with Gasteiger partial charge in [-0.25, -0.2) is 29.3 Å². The molecule has 812 valence electrons. The Hall–Kier alpha value is -8.16. The zero-order valence-electron chi connectivity index (χ0n) is 93.6. The van der Waals surface area contributed by atoms with Gasteiger partial charge in [0.2, 0.25) is 0 Å². The second-order valence-corrected chi connectivity index (χ2v) is 53.6. The van der Waals surface area contributed by atoms with Crippen LogP contribution in [-0.2, 0) is 48.0 Å². The third kappa shape index (κ3) is 23.6. The minimum atomic E-state index is -0.406. The first-order valence-electron chi connectivity index (χ1n) is 59.4. The quantitative estimate of drug-likeness (QED) is 0.0104. The molecule has 0 saturated heterocycles. The van der Waals surface area contributed by atoms with Crippen LogP contribution in [-0.4, -0.2) is 22.7 Å². The van der Waals surface area contributed by atoms with Crippen molar-refractivity contribution >= 4 is 34.1 Å². The number of anilines is 6. The zero-order valence-corrected chi connectivity index (χ0v) is 93.6. The average molecular weight is 2030 g/mol. The topological polar surface area (TPSA) is 270 Å². The maximum Gasteiger partial charge on any atom is 0.127 e. The fourth-order valence-corrected chi connectivity index (χ4v) is 36.4. The summed E-state index contributed by atoms with van der Waals surface area (Å²) in [6, 6.07) is 64.6. The Morgan fingerprint density at radius 1 is 0.302 bits per heavy atom. The molecule has 31 unspecified atom stereocenters. The monoisotopic (exact) mass is 2030 g/mol. The van der Waals surface area contributed by atoms with Gasteiger partial charge in [-0.05, 0) is 484 Å². The Bertz CT molecular complexity index is 5610. The van der Waals surface area contributed by atoms with Crippen molar-refractivity contribution in [3.8, 4) is 23.0 Å². The summed E-state index contributed by atoms with van der Waals surface area (Å²) in [6.45, 7) is 38.6. The predicted molar refractivity (Wildman–Crippen MR) is 608 cm³/mol. The van der Waals surface area contributed by atoms with Gasteiger partial charge in [0.15, 0.2) is 0 Å². The number of fused-ring (bicyclic) bond motifs is 15. The van der Waals surface area contributed by atoms with Crippen molar-refractivity contribution in [1.82, 2.24) is 0 Å². The van der Waals surface area contributed by atoms with Gasteiger partial charge in [-0.3, -0.25) is 10.5 Å². The van der Waals surface area contributed by atoms with Gasteiger partial charge >= 0.3 is 0 Å². The molecule has 16 heteroatoms. The van der Waals surface area contributed by atoms with E-state index in [1.54, 1.807) is 0 Å². The molecule has 12 fully saturated rings. The first-order chi connectivity index (χ1) is 71.5. The predicted octanol–water partition coefficient (Wildman–Crippen LogP) is 34.3. The van der Waals surface area contributed by atoms with E-state index in [1.807, 2.05) is 146 Å². The molecule has 20 rings (SSSR count). The third-order valence-corrected chi connectivity index (χ3v) is 44.1. The highest BCUT2D eigenvalue weighted by molar-refractivity contribution is 5.50.